The molecule has 18 heavy (non-hydrogen) atoms. The average Bonchev–Trinajstić information content (AvgIpc) is 2.63. The van der Waals surface area contributed by atoms with Crippen LogP contribution >= 0.6 is 10.7 Å². The molecule has 0 radical (unpaired) electrons. The Kier molecular flexibility index (Phi) is 4.24. The van der Waals surface area contributed by atoms with E-state index in [1.54, 1.807) is 11.7 Å². The van der Waals surface area contributed by atoms with Crippen molar-refractivity contribution >= 4 is 19.7 Å². The summed E-state index contributed by atoms with van der Waals surface area (Å²) in [5, 5.41) is 7.46. The van der Waals surface area contributed by atoms with E-state index in [9.17, 15) is 8.42 Å². The van der Waals surface area contributed by atoms with E-state index < -0.39 is 9.05 Å². The van der Waals surface area contributed by atoms with E-state index in [0.717, 1.165) is 6.42 Å². The molecule has 0 saturated heterocycles. The molecule has 0 aliphatic heterocycles. The fraction of sp³-hybridized carbons (Fsp3) is 0.800. The number of aromatic nitrogens is 3. The minimum Gasteiger partial charge on any atom is -0.383 e. The van der Waals surface area contributed by atoms with Crippen molar-refractivity contribution in [1.82, 2.24) is 14.8 Å². The van der Waals surface area contributed by atoms with Gasteiger partial charge in [0.05, 0.1) is 6.61 Å². The van der Waals surface area contributed by atoms with Gasteiger partial charge in [-0.3, -0.25) is 4.57 Å². The lowest BCUT2D eigenvalue weighted by molar-refractivity contribution is 0.182. The number of methoxy groups -OCH3 is 1. The zero-order chi connectivity index (χ0) is 13.2. The number of rotatable bonds is 6. The maximum atomic E-state index is 11.4. The van der Waals surface area contributed by atoms with Gasteiger partial charge in [0.25, 0.3) is 14.2 Å². The summed E-state index contributed by atoms with van der Waals surface area (Å²) in [6.45, 7) is 0.794. The third-order valence-corrected chi connectivity index (χ3v) is 4.38. The third kappa shape index (κ3) is 3.02. The van der Waals surface area contributed by atoms with Gasteiger partial charge >= 0.3 is 0 Å². The monoisotopic (exact) mass is 293 g/mol. The summed E-state index contributed by atoms with van der Waals surface area (Å²) in [5.41, 5.74) is 0. The number of halogens is 1. The lowest BCUT2D eigenvalue weighted by atomic mass is 9.83. The summed E-state index contributed by atoms with van der Waals surface area (Å²) in [5.74, 6) is 1.26. The van der Waals surface area contributed by atoms with Crippen LogP contribution in [-0.4, -0.2) is 36.9 Å². The first-order chi connectivity index (χ1) is 8.52. The van der Waals surface area contributed by atoms with Crippen molar-refractivity contribution in [3.8, 4) is 0 Å². The molecule has 0 spiro atoms. The maximum Gasteiger partial charge on any atom is 0.296 e. The molecule has 0 amide bonds. The van der Waals surface area contributed by atoms with Crippen LogP contribution in [0.25, 0.3) is 0 Å². The highest BCUT2D eigenvalue weighted by Gasteiger charge is 2.26. The van der Waals surface area contributed by atoms with Gasteiger partial charge in [0.15, 0.2) is 0 Å². The second kappa shape index (κ2) is 5.54. The highest BCUT2D eigenvalue weighted by molar-refractivity contribution is 8.13. The SMILES string of the molecule is COCCn1c(CC2CCC2)nnc1S(=O)(=O)Cl. The molecule has 1 fully saturated rings. The van der Waals surface area contributed by atoms with Gasteiger partial charge in [-0.05, 0) is 5.92 Å². The molecular formula is C10H16ClN3O3S. The highest BCUT2D eigenvalue weighted by atomic mass is 35.7. The topological polar surface area (TPSA) is 74.1 Å². The molecule has 1 aromatic heterocycles. The van der Waals surface area contributed by atoms with Crippen LogP contribution in [0.15, 0.2) is 5.16 Å². The van der Waals surface area contributed by atoms with Gasteiger partial charge in [0, 0.05) is 30.8 Å². The molecule has 1 aromatic rings. The lowest BCUT2D eigenvalue weighted by Gasteiger charge is -2.24. The van der Waals surface area contributed by atoms with Gasteiger partial charge < -0.3 is 4.74 Å². The Hall–Kier alpha value is -0.660. The van der Waals surface area contributed by atoms with E-state index in [2.05, 4.69) is 10.2 Å². The van der Waals surface area contributed by atoms with Crippen LogP contribution in [0, 0.1) is 5.92 Å². The van der Waals surface area contributed by atoms with E-state index in [4.69, 9.17) is 15.4 Å². The molecule has 0 unspecified atom stereocenters. The third-order valence-electron chi connectivity index (χ3n) is 3.23. The van der Waals surface area contributed by atoms with E-state index >= 15 is 0 Å². The van der Waals surface area contributed by atoms with Crippen LogP contribution in [0.5, 0.6) is 0 Å². The average molecular weight is 294 g/mol. The highest BCUT2D eigenvalue weighted by Crippen LogP contribution is 2.29. The summed E-state index contributed by atoms with van der Waals surface area (Å²) in [6, 6.07) is 0. The van der Waals surface area contributed by atoms with Gasteiger partial charge in [0.1, 0.15) is 5.82 Å². The van der Waals surface area contributed by atoms with Crippen LogP contribution in [0.4, 0.5) is 0 Å². The Labute approximate surface area is 111 Å². The number of ether oxygens (including phenoxy) is 1. The standard InChI is InChI=1S/C10H16ClN3O3S/c1-17-6-5-14-9(7-8-3-2-4-8)12-13-10(14)18(11,15)16/h8H,2-7H2,1H3. The zero-order valence-corrected chi connectivity index (χ0v) is 11.7. The van der Waals surface area contributed by atoms with Crippen molar-refractivity contribution < 1.29 is 13.2 Å². The van der Waals surface area contributed by atoms with Crippen LogP contribution in [0.2, 0.25) is 0 Å². The molecule has 1 aliphatic rings. The van der Waals surface area contributed by atoms with Crippen molar-refractivity contribution in [3.63, 3.8) is 0 Å². The molecule has 1 heterocycles. The summed E-state index contributed by atoms with van der Waals surface area (Å²) in [7, 11) is 3.05. The van der Waals surface area contributed by atoms with Crippen LogP contribution in [0.3, 0.4) is 0 Å². The Bertz CT molecular complexity index is 510. The zero-order valence-electron chi connectivity index (χ0n) is 10.2. The molecule has 102 valence electrons. The summed E-state index contributed by atoms with van der Waals surface area (Å²) >= 11 is 0. The number of nitrogens with zero attached hydrogens (tertiary/aromatic N) is 3. The van der Waals surface area contributed by atoms with Gasteiger partial charge in [-0.1, -0.05) is 19.3 Å². The summed E-state index contributed by atoms with van der Waals surface area (Å²) in [6.07, 6.45) is 4.32. The number of hydrogen-bond donors (Lipinski definition) is 0. The maximum absolute atomic E-state index is 11.4. The van der Waals surface area contributed by atoms with E-state index in [1.165, 1.54) is 19.3 Å². The number of hydrogen-bond acceptors (Lipinski definition) is 5. The van der Waals surface area contributed by atoms with E-state index in [-0.39, 0.29) is 5.16 Å². The van der Waals surface area contributed by atoms with Gasteiger partial charge in [0.2, 0.25) is 0 Å². The fourth-order valence-corrected chi connectivity index (χ4v) is 2.95. The van der Waals surface area contributed by atoms with Crippen molar-refractivity contribution in [2.45, 2.75) is 37.4 Å². The van der Waals surface area contributed by atoms with Crippen LogP contribution < -0.4 is 0 Å². The Balaban J connectivity index is 2.24. The molecule has 0 N–H and O–H groups in total. The van der Waals surface area contributed by atoms with Gasteiger partial charge in [-0.15, -0.1) is 10.2 Å². The molecule has 0 aromatic carbocycles. The summed E-state index contributed by atoms with van der Waals surface area (Å²) < 4.78 is 29.3. The minimum absolute atomic E-state index is 0.185. The second-order valence-electron chi connectivity index (χ2n) is 4.48. The van der Waals surface area contributed by atoms with Gasteiger partial charge in [-0.2, -0.15) is 0 Å². The molecule has 6 nitrogen and oxygen atoms in total. The van der Waals surface area contributed by atoms with Gasteiger partial charge in [-0.25, -0.2) is 8.42 Å². The molecule has 1 aliphatic carbocycles. The van der Waals surface area contributed by atoms with E-state index in [1.807, 2.05) is 0 Å². The Morgan fingerprint density at radius 1 is 1.44 bits per heavy atom. The quantitative estimate of drug-likeness (QED) is 0.737. The van der Waals surface area contributed by atoms with Crippen molar-refractivity contribution in [1.29, 1.82) is 0 Å². The van der Waals surface area contributed by atoms with Crippen molar-refractivity contribution in [3.05, 3.63) is 5.82 Å². The predicted octanol–water partition coefficient (Wildman–Crippen LogP) is 1.19. The molecular weight excluding hydrogens is 278 g/mol. The molecule has 2 rings (SSSR count). The van der Waals surface area contributed by atoms with Crippen LogP contribution in [-0.2, 0) is 26.8 Å². The summed E-state index contributed by atoms with van der Waals surface area (Å²) in [4.78, 5) is 0. The first kappa shape index (κ1) is 13.8. The van der Waals surface area contributed by atoms with Crippen LogP contribution in [0.1, 0.15) is 25.1 Å². The molecule has 0 atom stereocenters. The fourth-order valence-electron chi connectivity index (χ4n) is 2.01. The van der Waals surface area contributed by atoms with Crippen molar-refractivity contribution in [2.75, 3.05) is 13.7 Å². The Morgan fingerprint density at radius 2 is 2.17 bits per heavy atom. The minimum atomic E-state index is -3.86. The first-order valence-electron chi connectivity index (χ1n) is 5.88. The molecule has 8 heteroatoms. The Morgan fingerprint density at radius 3 is 2.67 bits per heavy atom. The first-order valence-corrected chi connectivity index (χ1v) is 8.19. The largest absolute Gasteiger partial charge is 0.383 e. The van der Waals surface area contributed by atoms with E-state index in [0.29, 0.717) is 24.9 Å². The molecule has 0 bridgehead atoms. The lowest BCUT2D eigenvalue weighted by Crippen LogP contribution is -2.19. The predicted molar refractivity (Wildman–Crippen MR) is 66.0 cm³/mol. The second-order valence-corrected chi connectivity index (χ2v) is 6.94. The smallest absolute Gasteiger partial charge is 0.296 e. The molecule has 1 saturated carbocycles. The van der Waals surface area contributed by atoms with Crippen molar-refractivity contribution in [2.24, 2.45) is 5.92 Å². The normalized spacial score (nSPS) is 16.8.